The number of halogens is 1. The van der Waals surface area contributed by atoms with Crippen molar-refractivity contribution in [3.63, 3.8) is 0 Å². The van der Waals surface area contributed by atoms with Crippen molar-refractivity contribution in [1.29, 1.82) is 0 Å². The summed E-state index contributed by atoms with van der Waals surface area (Å²) in [6.45, 7) is 1.38. The molecule has 0 unspecified atom stereocenters. The van der Waals surface area contributed by atoms with Gasteiger partial charge in [0.05, 0.1) is 12.7 Å². The van der Waals surface area contributed by atoms with E-state index in [0.29, 0.717) is 0 Å². The van der Waals surface area contributed by atoms with Gasteiger partial charge in [0.15, 0.2) is 11.6 Å². The monoisotopic (exact) mass is 274 g/mol. The number of fused-ring (bicyclic) bond motifs is 1. The highest BCUT2D eigenvalue weighted by molar-refractivity contribution is 6.27. The van der Waals surface area contributed by atoms with Crippen LogP contribution in [-0.2, 0) is 9.53 Å². The smallest absolute Gasteiger partial charge is 0.333 e. The molecule has 102 valence electrons. The van der Waals surface area contributed by atoms with Crippen LogP contribution >= 0.6 is 0 Å². The van der Waals surface area contributed by atoms with Crippen molar-refractivity contribution in [3.8, 4) is 0 Å². The minimum absolute atomic E-state index is 0.0304. The minimum Gasteiger partial charge on any atom is -0.466 e. The van der Waals surface area contributed by atoms with Crippen LogP contribution in [0.1, 0.15) is 27.6 Å². The Morgan fingerprint density at radius 2 is 1.70 bits per heavy atom. The molecular weight excluding hydrogens is 263 g/mol. The van der Waals surface area contributed by atoms with Crippen LogP contribution in [0.3, 0.4) is 0 Å². The van der Waals surface area contributed by atoms with Crippen molar-refractivity contribution in [3.05, 3.63) is 58.4 Å². The van der Waals surface area contributed by atoms with Crippen molar-refractivity contribution in [2.75, 3.05) is 7.11 Å². The van der Waals surface area contributed by atoms with E-state index in [9.17, 15) is 18.8 Å². The summed E-state index contributed by atoms with van der Waals surface area (Å²) in [6.07, 6.45) is 1.04. The molecule has 0 aliphatic heterocycles. The molecule has 0 saturated carbocycles. The molecule has 0 heterocycles. The summed E-state index contributed by atoms with van der Waals surface area (Å²) in [7, 11) is 1.17. The first-order valence-electron chi connectivity index (χ1n) is 5.82. The first-order chi connectivity index (χ1) is 9.47. The van der Waals surface area contributed by atoms with Gasteiger partial charge in [-0.1, -0.05) is 24.3 Å². The molecule has 1 aliphatic rings. The maximum absolute atomic E-state index is 14.0. The summed E-state index contributed by atoms with van der Waals surface area (Å²) in [5.41, 5.74) is -0.222. The van der Waals surface area contributed by atoms with Crippen LogP contribution < -0.4 is 0 Å². The second kappa shape index (κ2) is 5.21. The van der Waals surface area contributed by atoms with Crippen molar-refractivity contribution in [2.45, 2.75) is 6.92 Å². The zero-order chi connectivity index (χ0) is 14.9. The van der Waals surface area contributed by atoms with Gasteiger partial charge >= 0.3 is 5.97 Å². The number of hydrogen-bond acceptors (Lipinski definition) is 4. The summed E-state index contributed by atoms with van der Waals surface area (Å²) in [5, 5.41) is 0. The molecule has 1 aliphatic carbocycles. The highest BCUT2D eigenvalue weighted by Crippen LogP contribution is 2.28. The van der Waals surface area contributed by atoms with Gasteiger partial charge in [0, 0.05) is 16.7 Å². The maximum atomic E-state index is 14.0. The SMILES string of the molecule is COC(=O)C(C)=CC1=C(F)C(=O)c2ccccc2C1=O. The first-order valence-corrected chi connectivity index (χ1v) is 5.82. The largest absolute Gasteiger partial charge is 0.466 e. The Bertz CT molecular complexity index is 683. The number of methoxy groups -OCH3 is 1. The normalized spacial score (nSPS) is 15.2. The van der Waals surface area contributed by atoms with Crippen molar-refractivity contribution in [1.82, 2.24) is 0 Å². The number of ether oxygens (including phenoxy) is 1. The van der Waals surface area contributed by atoms with Gasteiger partial charge in [0.25, 0.3) is 0 Å². The summed E-state index contributed by atoms with van der Waals surface area (Å²) >= 11 is 0. The van der Waals surface area contributed by atoms with E-state index in [1.807, 2.05) is 0 Å². The Morgan fingerprint density at radius 3 is 2.25 bits per heavy atom. The van der Waals surface area contributed by atoms with Gasteiger partial charge in [-0.3, -0.25) is 9.59 Å². The number of carbonyl (C=O) groups is 3. The quantitative estimate of drug-likeness (QED) is 0.613. The average Bonchev–Trinajstić information content (AvgIpc) is 2.48. The minimum atomic E-state index is -1.16. The van der Waals surface area contributed by atoms with E-state index in [1.54, 1.807) is 12.1 Å². The van der Waals surface area contributed by atoms with Crippen molar-refractivity contribution >= 4 is 17.5 Å². The highest BCUT2D eigenvalue weighted by Gasteiger charge is 2.31. The number of allylic oxidation sites excluding steroid dienone is 3. The summed E-state index contributed by atoms with van der Waals surface area (Å²) in [4.78, 5) is 35.3. The predicted molar refractivity (Wildman–Crippen MR) is 69.0 cm³/mol. The Morgan fingerprint density at radius 1 is 1.15 bits per heavy atom. The fourth-order valence-corrected chi connectivity index (χ4v) is 1.93. The predicted octanol–water partition coefficient (Wildman–Crippen LogP) is 2.41. The molecule has 20 heavy (non-hydrogen) atoms. The van der Waals surface area contributed by atoms with Crippen LogP contribution in [-0.4, -0.2) is 24.6 Å². The average molecular weight is 274 g/mol. The molecule has 0 fully saturated rings. The lowest BCUT2D eigenvalue weighted by atomic mass is 9.88. The van der Waals surface area contributed by atoms with Gasteiger partial charge in [-0.05, 0) is 13.0 Å². The first kappa shape index (κ1) is 13.9. The van der Waals surface area contributed by atoms with Gasteiger partial charge in [0.2, 0.25) is 5.78 Å². The van der Waals surface area contributed by atoms with Crippen molar-refractivity contribution < 1.29 is 23.5 Å². The molecule has 0 radical (unpaired) electrons. The number of carbonyl (C=O) groups excluding carboxylic acids is 3. The van der Waals surface area contributed by atoms with Crippen LogP contribution in [0.2, 0.25) is 0 Å². The number of ketones is 2. The number of esters is 1. The van der Waals surface area contributed by atoms with E-state index >= 15 is 0 Å². The van der Waals surface area contributed by atoms with Crippen LogP contribution in [0.15, 0.2) is 47.3 Å². The Kier molecular flexibility index (Phi) is 3.61. The molecule has 1 aromatic rings. The topological polar surface area (TPSA) is 60.4 Å². The zero-order valence-electron chi connectivity index (χ0n) is 10.9. The number of hydrogen-bond donors (Lipinski definition) is 0. The number of rotatable bonds is 2. The number of Topliss-reactive ketones (excluding diaryl/α,β-unsaturated/α-hetero) is 2. The molecule has 0 atom stereocenters. The third-order valence-electron chi connectivity index (χ3n) is 2.96. The number of benzene rings is 1. The molecule has 0 bridgehead atoms. The molecular formula is C15H11FO4. The second-order valence-electron chi connectivity index (χ2n) is 4.25. The molecule has 1 aromatic carbocycles. The molecule has 0 N–H and O–H groups in total. The molecule has 2 rings (SSSR count). The van der Waals surface area contributed by atoms with Gasteiger partial charge in [-0.25, -0.2) is 9.18 Å². The molecule has 0 saturated heterocycles. The Hall–Kier alpha value is -2.56. The zero-order valence-corrected chi connectivity index (χ0v) is 10.9. The fourth-order valence-electron chi connectivity index (χ4n) is 1.93. The van der Waals surface area contributed by atoms with Crippen LogP contribution in [0.4, 0.5) is 4.39 Å². The summed E-state index contributed by atoms with van der Waals surface area (Å²) in [6, 6.07) is 5.98. The third-order valence-corrected chi connectivity index (χ3v) is 2.96. The Labute approximate surface area is 114 Å². The van der Waals surface area contributed by atoms with Gasteiger partial charge in [0.1, 0.15) is 0 Å². The van der Waals surface area contributed by atoms with Gasteiger partial charge in [-0.15, -0.1) is 0 Å². The van der Waals surface area contributed by atoms with E-state index in [2.05, 4.69) is 4.74 Å². The van der Waals surface area contributed by atoms with Crippen LogP contribution in [0.25, 0.3) is 0 Å². The van der Waals surface area contributed by atoms with E-state index in [-0.39, 0.29) is 16.7 Å². The van der Waals surface area contributed by atoms with Crippen LogP contribution in [0, 0.1) is 0 Å². The third kappa shape index (κ3) is 2.18. The van der Waals surface area contributed by atoms with Gasteiger partial charge in [-0.2, -0.15) is 0 Å². The highest BCUT2D eigenvalue weighted by atomic mass is 19.1. The van der Waals surface area contributed by atoms with E-state index < -0.39 is 28.9 Å². The second-order valence-corrected chi connectivity index (χ2v) is 4.25. The molecule has 0 spiro atoms. The molecule has 0 aromatic heterocycles. The fraction of sp³-hybridized carbons (Fsp3) is 0.133. The summed E-state index contributed by atoms with van der Waals surface area (Å²) < 4.78 is 18.5. The van der Waals surface area contributed by atoms with Crippen molar-refractivity contribution in [2.24, 2.45) is 0 Å². The van der Waals surface area contributed by atoms with Crippen LogP contribution in [0.5, 0.6) is 0 Å². The lowest BCUT2D eigenvalue weighted by molar-refractivity contribution is -0.136. The lowest BCUT2D eigenvalue weighted by Gasteiger charge is -2.14. The standard InChI is InChI=1S/C15H11FO4/c1-8(15(19)20-2)7-11-12(16)14(18)10-6-4-3-5-9(10)13(11)17/h3-7H,1-2H3. The lowest BCUT2D eigenvalue weighted by Crippen LogP contribution is -2.20. The van der Waals surface area contributed by atoms with E-state index in [0.717, 1.165) is 6.08 Å². The van der Waals surface area contributed by atoms with Gasteiger partial charge < -0.3 is 4.74 Å². The van der Waals surface area contributed by atoms with E-state index in [4.69, 9.17) is 0 Å². The van der Waals surface area contributed by atoms with E-state index in [1.165, 1.54) is 26.2 Å². The summed E-state index contributed by atoms with van der Waals surface area (Å²) in [5.74, 6) is -3.33. The molecule has 0 amide bonds. The molecule has 4 nitrogen and oxygen atoms in total. The molecule has 5 heteroatoms. The Balaban J connectivity index is 2.56. The maximum Gasteiger partial charge on any atom is 0.333 e.